The molecule has 22 heavy (non-hydrogen) atoms. The predicted octanol–water partition coefficient (Wildman–Crippen LogP) is 0.614. The van der Waals surface area contributed by atoms with Crippen molar-refractivity contribution in [2.45, 2.75) is 13.5 Å². The Morgan fingerprint density at radius 2 is 1.86 bits per heavy atom. The molecule has 0 aliphatic carbocycles. The van der Waals surface area contributed by atoms with Crippen LogP contribution in [-0.4, -0.2) is 24.9 Å². The zero-order chi connectivity index (χ0) is 15.8. The molecule has 0 aliphatic rings. The second-order valence-corrected chi connectivity index (χ2v) is 5.94. The Morgan fingerprint density at radius 3 is 2.50 bits per heavy atom. The number of amides is 2. The number of benzene rings is 1. The Balaban J connectivity index is 1.78. The molecule has 0 radical (unpaired) electrons. The summed E-state index contributed by atoms with van der Waals surface area (Å²) in [4.78, 5) is 26.2. The highest BCUT2D eigenvalue weighted by atomic mass is 32.1. The molecule has 116 valence electrons. The summed E-state index contributed by atoms with van der Waals surface area (Å²) in [6.45, 7) is 4.02. The minimum atomic E-state index is -0.315. The topological polar surface area (TPSA) is 62.6 Å². The number of carbonyl (C=O) groups excluding carboxylic acids is 2. The van der Waals surface area contributed by atoms with Gasteiger partial charge in [-0.25, -0.2) is 0 Å². The molecule has 0 saturated carbocycles. The Labute approximate surface area is 133 Å². The van der Waals surface area contributed by atoms with E-state index in [4.69, 9.17) is 0 Å². The van der Waals surface area contributed by atoms with Gasteiger partial charge in [-0.05, 0) is 30.5 Å². The van der Waals surface area contributed by atoms with Gasteiger partial charge in [0.25, 0.3) is 11.8 Å². The molecule has 2 aromatic rings. The van der Waals surface area contributed by atoms with Crippen molar-refractivity contribution in [1.29, 1.82) is 0 Å². The van der Waals surface area contributed by atoms with Crippen LogP contribution in [0.4, 0.5) is 0 Å². The molecule has 1 heterocycles. The van der Waals surface area contributed by atoms with Gasteiger partial charge in [0.1, 0.15) is 6.54 Å². The van der Waals surface area contributed by atoms with Crippen LogP contribution in [0.25, 0.3) is 0 Å². The fraction of sp³-hybridized carbons (Fsp3) is 0.250. The first-order chi connectivity index (χ1) is 10.7. The monoisotopic (exact) mass is 318 g/mol. The summed E-state index contributed by atoms with van der Waals surface area (Å²) in [7, 11) is 0. The van der Waals surface area contributed by atoms with Gasteiger partial charge in [-0.1, -0.05) is 24.3 Å². The fourth-order valence-electron chi connectivity index (χ4n) is 2.03. The van der Waals surface area contributed by atoms with Crippen molar-refractivity contribution in [2.75, 3.05) is 13.1 Å². The van der Waals surface area contributed by atoms with Crippen LogP contribution in [0, 0.1) is 0 Å². The maximum atomic E-state index is 11.9. The van der Waals surface area contributed by atoms with Crippen LogP contribution in [0.1, 0.15) is 22.2 Å². The summed E-state index contributed by atoms with van der Waals surface area (Å²) in [6, 6.07) is 12.9. The molecule has 2 rings (SSSR count). The second kappa shape index (κ2) is 8.31. The fourth-order valence-corrected chi connectivity index (χ4v) is 2.81. The van der Waals surface area contributed by atoms with Gasteiger partial charge in [0, 0.05) is 5.56 Å². The molecule has 0 aliphatic heterocycles. The molecule has 1 aromatic carbocycles. The summed E-state index contributed by atoms with van der Waals surface area (Å²) in [5, 5.41) is 2.03. The third kappa shape index (κ3) is 4.98. The van der Waals surface area contributed by atoms with Gasteiger partial charge in [0.15, 0.2) is 6.54 Å². The number of hydrazine groups is 1. The molecule has 1 unspecified atom stereocenters. The van der Waals surface area contributed by atoms with E-state index in [9.17, 15) is 9.59 Å². The molecule has 0 bridgehead atoms. The lowest BCUT2D eigenvalue weighted by Crippen LogP contribution is -3.11. The lowest BCUT2D eigenvalue weighted by atomic mass is 10.2. The highest BCUT2D eigenvalue weighted by Crippen LogP contribution is 2.05. The van der Waals surface area contributed by atoms with Gasteiger partial charge in [-0.2, -0.15) is 0 Å². The number of hydrogen-bond donors (Lipinski definition) is 3. The summed E-state index contributed by atoms with van der Waals surface area (Å²) in [6.07, 6.45) is 0. The maximum absolute atomic E-state index is 11.9. The predicted molar refractivity (Wildman–Crippen MR) is 86.4 cm³/mol. The summed E-state index contributed by atoms with van der Waals surface area (Å²) in [5.41, 5.74) is 5.42. The van der Waals surface area contributed by atoms with E-state index in [1.165, 1.54) is 4.88 Å². The summed E-state index contributed by atoms with van der Waals surface area (Å²) < 4.78 is 0. The Kier molecular flexibility index (Phi) is 6.12. The zero-order valence-electron chi connectivity index (χ0n) is 12.5. The van der Waals surface area contributed by atoms with Crippen LogP contribution in [0.3, 0.4) is 0 Å². The third-order valence-corrected chi connectivity index (χ3v) is 4.14. The number of hydrogen-bond acceptors (Lipinski definition) is 3. The average Bonchev–Trinajstić information content (AvgIpc) is 3.05. The Morgan fingerprint density at radius 1 is 1.09 bits per heavy atom. The van der Waals surface area contributed by atoms with E-state index in [1.54, 1.807) is 35.6 Å². The Bertz CT molecular complexity index is 599. The number of likely N-dealkylation sites (N-methyl/N-ethyl adjacent to an activating group) is 1. The first-order valence-corrected chi connectivity index (χ1v) is 8.07. The van der Waals surface area contributed by atoms with E-state index in [-0.39, 0.29) is 11.8 Å². The minimum absolute atomic E-state index is 0.197. The maximum Gasteiger partial charge on any atom is 0.293 e. The van der Waals surface area contributed by atoms with Crippen LogP contribution < -0.4 is 15.8 Å². The molecule has 5 nitrogen and oxygen atoms in total. The molecule has 0 spiro atoms. The smallest absolute Gasteiger partial charge is 0.293 e. The van der Waals surface area contributed by atoms with Crippen LogP contribution >= 0.6 is 11.3 Å². The molecule has 0 saturated heterocycles. The normalized spacial score (nSPS) is 11.7. The van der Waals surface area contributed by atoms with Crippen LogP contribution in [-0.2, 0) is 11.3 Å². The van der Waals surface area contributed by atoms with E-state index in [1.807, 2.05) is 24.4 Å². The lowest BCUT2D eigenvalue weighted by Gasteiger charge is -2.16. The van der Waals surface area contributed by atoms with Crippen molar-refractivity contribution in [3.63, 3.8) is 0 Å². The quantitative estimate of drug-likeness (QED) is 0.684. The van der Waals surface area contributed by atoms with E-state index >= 15 is 0 Å². The van der Waals surface area contributed by atoms with Crippen molar-refractivity contribution >= 4 is 23.2 Å². The SMILES string of the molecule is CC[NH+](CC(=O)NNC(=O)c1ccccc1)Cc1cccs1. The van der Waals surface area contributed by atoms with E-state index < -0.39 is 0 Å². The second-order valence-electron chi connectivity index (χ2n) is 4.90. The van der Waals surface area contributed by atoms with Crippen molar-refractivity contribution in [1.82, 2.24) is 10.9 Å². The van der Waals surface area contributed by atoms with Gasteiger partial charge in [-0.3, -0.25) is 20.4 Å². The van der Waals surface area contributed by atoms with Gasteiger partial charge < -0.3 is 4.90 Å². The van der Waals surface area contributed by atoms with Gasteiger partial charge >= 0.3 is 0 Å². The third-order valence-electron chi connectivity index (χ3n) is 3.27. The molecule has 6 heteroatoms. The lowest BCUT2D eigenvalue weighted by molar-refractivity contribution is -0.903. The van der Waals surface area contributed by atoms with E-state index in [0.717, 1.165) is 18.0 Å². The molecule has 1 aromatic heterocycles. The summed E-state index contributed by atoms with van der Waals surface area (Å²) >= 11 is 1.69. The zero-order valence-corrected chi connectivity index (χ0v) is 13.3. The Hall–Kier alpha value is -2.18. The first-order valence-electron chi connectivity index (χ1n) is 7.19. The molecule has 3 N–H and O–H groups in total. The average molecular weight is 318 g/mol. The standard InChI is InChI=1S/C16H19N3O2S/c1-2-19(11-14-9-6-10-22-14)12-15(20)17-18-16(21)13-7-4-3-5-8-13/h3-10H,2,11-12H2,1H3,(H,17,20)(H,18,21)/p+1. The van der Waals surface area contributed by atoms with Crippen LogP contribution in [0.5, 0.6) is 0 Å². The first kappa shape index (κ1) is 16.2. The van der Waals surface area contributed by atoms with Gasteiger partial charge in [0.05, 0.1) is 11.4 Å². The van der Waals surface area contributed by atoms with E-state index in [0.29, 0.717) is 12.1 Å². The number of quaternary nitrogens is 1. The van der Waals surface area contributed by atoms with Crippen LogP contribution in [0.15, 0.2) is 47.8 Å². The van der Waals surface area contributed by atoms with Crippen molar-refractivity contribution in [3.8, 4) is 0 Å². The van der Waals surface area contributed by atoms with Crippen molar-refractivity contribution < 1.29 is 14.5 Å². The molecule has 0 fully saturated rings. The van der Waals surface area contributed by atoms with Gasteiger partial charge in [-0.15, -0.1) is 11.3 Å². The number of nitrogens with one attached hydrogen (secondary N) is 3. The van der Waals surface area contributed by atoms with Crippen LogP contribution in [0.2, 0.25) is 0 Å². The van der Waals surface area contributed by atoms with E-state index in [2.05, 4.69) is 16.9 Å². The van der Waals surface area contributed by atoms with Crippen molar-refractivity contribution in [2.24, 2.45) is 0 Å². The molecule has 1 atom stereocenters. The minimum Gasteiger partial charge on any atom is -0.323 e. The van der Waals surface area contributed by atoms with Gasteiger partial charge in [0.2, 0.25) is 0 Å². The number of carbonyl (C=O) groups is 2. The molecular weight excluding hydrogens is 298 g/mol. The largest absolute Gasteiger partial charge is 0.323 e. The highest BCUT2D eigenvalue weighted by Gasteiger charge is 2.14. The highest BCUT2D eigenvalue weighted by molar-refractivity contribution is 7.09. The molecular formula is C16H20N3O2S+. The summed E-state index contributed by atoms with van der Waals surface area (Å²) in [5.74, 6) is -0.511. The number of rotatable bonds is 6. The number of thiophene rings is 1. The molecule has 2 amide bonds. The van der Waals surface area contributed by atoms with Crippen molar-refractivity contribution in [3.05, 3.63) is 58.3 Å².